The van der Waals surface area contributed by atoms with E-state index in [2.05, 4.69) is 47.6 Å². The SMILES string of the molecule is CC(=O)OC1C(O)COC(OC2C(O)C(C)OC(OC3C(OC4CCC5(C)C(CCC6(C)C5CC=C5C7CC(C)(C)CCC7(C(=O)O)CCC56C)C4(C)CO)OCC(O)C3O)C2O)C1O. The number of esters is 1. The molecule has 0 aromatic rings. The Kier molecular flexibility index (Phi) is 13.4. The Morgan fingerprint density at radius 2 is 1.37 bits per heavy atom. The van der Waals surface area contributed by atoms with Crippen LogP contribution in [-0.4, -0.2) is 159 Å². The van der Waals surface area contributed by atoms with Crippen LogP contribution in [-0.2, 0) is 42.7 Å². The van der Waals surface area contributed by atoms with Gasteiger partial charge in [-0.1, -0.05) is 53.2 Å². The second-order valence-electron chi connectivity index (χ2n) is 23.0. The first-order chi connectivity index (χ1) is 30.4. The van der Waals surface area contributed by atoms with Crippen molar-refractivity contribution >= 4 is 11.9 Å². The number of hydrogen-bond donors (Lipinski definition) is 8. The summed E-state index contributed by atoms with van der Waals surface area (Å²) >= 11 is 0. The number of carbonyl (C=O) groups excluding carboxylic acids is 1. The molecule has 65 heavy (non-hydrogen) atoms. The minimum absolute atomic E-state index is 0.000687. The highest BCUT2D eigenvalue weighted by Gasteiger charge is 2.70. The van der Waals surface area contributed by atoms with Gasteiger partial charge in [0, 0.05) is 12.3 Å². The number of hydrogen-bond acceptors (Lipinski definition) is 16. The summed E-state index contributed by atoms with van der Waals surface area (Å²) in [5, 5.41) is 88.4. The minimum atomic E-state index is -1.76. The van der Waals surface area contributed by atoms with Gasteiger partial charge in [0.25, 0.3) is 0 Å². The van der Waals surface area contributed by atoms with E-state index in [1.54, 1.807) is 0 Å². The normalized spacial score (nSPS) is 53.0. The summed E-state index contributed by atoms with van der Waals surface area (Å²) in [6.07, 6.45) is -9.35. The van der Waals surface area contributed by atoms with E-state index in [4.69, 9.17) is 33.2 Å². The molecule has 3 saturated heterocycles. The van der Waals surface area contributed by atoms with E-state index < -0.39 is 109 Å². The number of carbonyl (C=O) groups is 2. The zero-order chi connectivity index (χ0) is 47.4. The molecule has 17 nitrogen and oxygen atoms in total. The first kappa shape index (κ1) is 49.6. The molecule has 7 fully saturated rings. The number of fused-ring (bicyclic) bond motifs is 7. The summed E-state index contributed by atoms with van der Waals surface area (Å²) in [5.41, 5.74) is -0.583. The number of allylic oxidation sites excluding steroid dienone is 2. The Labute approximate surface area is 382 Å². The minimum Gasteiger partial charge on any atom is -0.481 e. The van der Waals surface area contributed by atoms with Crippen LogP contribution in [0.4, 0.5) is 0 Å². The summed E-state index contributed by atoms with van der Waals surface area (Å²) < 4.78 is 41.4. The monoisotopic (exact) mass is 925 g/mol. The maximum atomic E-state index is 13.1. The highest BCUT2D eigenvalue weighted by Crippen LogP contribution is 2.76. The Balaban J connectivity index is 1.01. The zero-order valence-corrected chi connectivity index (χ0v) is 39.3. The van der Waals surface area contributed by atoms with Gasteiger partial charge in [-0.25, -0.2) is 0 Å². The predicted octanol–water partition coefficient (Wildman–Crippen LogP) is 2.56. The van der Waals surface area contributed by atoms with Gasteiger partial charge in [0.15, 0.2) is 25.0 Å². The second kappa shape index (κ2) is 17.5. The molecule has 0 aromatic carbocycles. The average Bonchev–Trinajstić information content (AvgIpc) is 3.24. The fourth-order valence-corrected chi connectivity index (χ4v) is 14.9. The Morgan fingerprint density at radius 3 is 2.05 bits per heavy atom. The number of aliphatic hydroxyl groups is 7. The molecule has 0 bridgehead atoms. The molecule has 8 N–H and O–H groups in total. The lowest BCUT2D eigenvalue weighted by Gasteiger charge is -2.71. The quantitative estimate of drug-likeness (QED) is 0.0939. The third-order valence-corrected chi connectivity index (χ3v) is 19.0. The van der Waals surface area contributed by atoms with E-state index >= 15 is 0 Å². The Hall–Kier alpha value is -1.84. The molecular weight excluding hydrogens is 849 g/mol. The van der Waals surface area contributed by atoms with Crippen molar-refractivity contribution in [3.05, 3.63) is 11.6 Å². The van der Waals surface area contributed by atoms with Crippen LogP contribution < -0.4 is 0 Å². The van der Waals surface area contributed by atoms with Crippen molar-refractivity contribution < 1.29 is 83.6 Å². The number of aliphatic hydroxyl groups excluding tert-OH is 7. The van der Waals surface area contributed by atoms with Gasteiger partial charge in [-0.05, 0) is 111 Å². The molecule has 22 atom stereocenters. The van der Waals surface area contributed by atoms with Gasteiger partial charge in [0.1, 0.15) is 48.8 Å². The molecule has 5 aliphatic carbocycles. The van der Waals surface area contributed by atoms with Gasteiger partial charge in [-0.3, -0.25) is 9.59 Å². The lowest BCUT2D eigenvalue weighted by molar-refractivity contribution is -0.379. The molecule has 8 rings (SSSR count). The summed E-state index contributed by atoms with van der Waals surface area (Å²) in [6, 6.07) is 0. The predicted molar refractivity (Wildman–Crippen MR) is 228 cm³/mol. The van der Waals surface area contributed by atoms with Crippen LogP contribution >= 0.6 is 0 Å². The van der Waals surface area contributed by atoms with Crippen LogP contribution in [0.3, 0.4) is 0 Å². The molecule has 3 heterocycles. The number of rotatable bonds is 9. The van der Waals surface area contributed by atoms with E-state index in [1.165, 1.54) is 12.5 Å². The lowest BCUT2D eigenvalue weighted by Crippen LogP contribution is -2.67. The van der Waals surface area contributed by atoms with Crippen molar-refractivity contribution in [1.29, 1.82) is 0 Å². The van der Waals surface area contributed by atoms with Crippen molar-refractivity contribution in [3.63, 3.8) is 0 Å². The van der Waals surface area contributed by atoms with E-state index in [1.807, 2.05) is 0 Å². The van der Waals surface area contributed by atoms with Crippen molar-refractivity contribution in [3.8, 4) is 0 Å². The van der Waals surface area contributed by atoms with E-state index in [0.717, 1.165) is 51.9 Å². The number of carboxylic acid groups (broad SMARTS) is 1. The van der Waals surface area contributed by atoms with Crippen LogP contribution in [0.5, 0.6) is 0 Å². The summed E-state index contributed by atoms with van der Waals surface area (Å²) in [6.45, 7) is 15.6. The van der Waals surface area contributed by atoms with Gasteiger partial charge in [-0.2, -0.15) is 0 Å². The third-order valence-electron chi connectivity index (χ3n) is 19.0. The van der Waals surface area contributed by atoms with Gasteiger partial charge in [0.05, 0.1) is 37.4 Å². The molecule has 3 aliphatic heterocycles. The van der Waals surface area contributed by atoms with Crippen molar-refractivity contribution in [2.45, 2.75) is 206 Å². The van der Waals surface area contributed by atoms with Crippen molar-refractivity contribution in [2.24, 2.45) is 50.2 Å². The maximum Gasteiger partial charge on any atom is 0.310 e. The third kappa shape index (κ3) is 7.96. The van der Waals surface area contributed by atoms with Gasteiger partial charge < -0.3 is 74.0 Å². The van der Waals surface area contributed by atoms with Crippen LogP contribution in [0.1, 0.15) is 120 Å². The highest BCUT2D eigenvalue weighted by molar-refractivity contribution is 5.76. The topological polar surface area (TPSA) is 261 Å². The van der Waals surface area contributed by atoms with Gasteiger partial charge in [-0.15, -0.1) is 0 Å². The largest absolute Gasteiger partial charge is 0.481 e. The van der Waals surface area contributed by atoms with Crippen LogP contribution in [0.15, 0.2) is 11.6 Å². The molecule has 17 heteroatoms. The second-order valence-corrected chi connectivity index (χ2v) is 23.0. The van der Waals surface area contributed by atoms with Crippen molar-refractivity contribution in [1.82, 2.24) is 0 Å². The summed E-state index contributed by atoms with van der Waals surface area (Å²) in [4.78, 5) is 24.8. The van der Waals surface area contributed by atoms with Gasteiger partial charge in [0.2, 0.25) is 0 Å². The first-order valence-electron chi connectivity index (χ1n) is 24.0. The molecule has 0 amide bonds. The number of aliphatic carboxylic acids is 1. The molecule has 22 unspecified atom stereocenters. The Bertz CT molecular complexity index is 1810. The van der Waals surface area contributed by atoms with Crippen LogP contribution in [0.25, 0.3) is 0 Å². The number of ether oxygens (including phenoxy) is 7. The molecule has 0 spiro atoms. The summed E-state index contributed by atoms with van der Waals surface area (Å²) in [7, 11) is 0. The fraction of sp³-hybridized carbons (Fsp3) is 0.917. The maximum absolute atomic E-state index is 13.1. The van der Waals surface area contributed by atoms with E-state index in [-0.39, 0.29) is 59.2 Å². The lowest BCUT2D eigenvalue weighted by atomic mass is 9.33. The molecule has 8 aliphatic rings. The smallest absolute Gasteiger partial charge is 0.310 e. The fourth-order valence-electron chi connectivity index (χ4n) is 14.9. The zero-order valence-electron chi connectivity index (χ0n) is 39.3. The summed E-state index contributed by atoms with van der Waals surface area (Å²) in [5.74, 6) is -1.13. The standard InChI is InChI=1S/C48H76O17/c1-23-32(53)37(64-39-34(55)36(62-24(2)50)28(52)21-59-39)35(56)40(61-23)65-38-33(54)27(51)20-60-41(38)63-31-12-13-44(5)29(45(31,6)22-49)11-14-47(8)30(44)10-9-25-26-19-43(3,4)15-17-48(26,42(57)58)18-16-46(25,47)7/h9,23,26-41,49,51-56H,10-22H2,1-8H3,(H,57,58). The van der Waals surface area contributed by atoms with E-state index in [9.17, 15) is 50.4 Å². The molecule has 0 aromatic heterocycles. The molecule has 0 radical (unpaired) electrons. The molecule has 370 valence electrons. The van der Waals surface area contributed by atoms with E-state index in [0.29, 0.717) is 19.3 Å². The average molecular weight is 925 g/mol. The molecule has 4 saturated carbocycles. The van der Waals surface area contributed by atoms with Gasteiger partial charge >= 0.3 is 11.9 Å². The highest BCUT2D eigenvalue weighted by atomic mass is 16.8. The van der Waals surface area contributed by atoms with Crippen LogP contribution in [0, 0.1) is 50.2 Å². The number of carboxylic acids is 1. The Morgan fingerprint density at radius 1 is 0.723 bits per heavy atom. The van der Waals surface area contributed by atoms with Crippen LogP contribution in [0.2, 0.25) is 0 Å². The molecular formula is C48H76O17. The first-order valence-corrected chi connectivity index (χ1v) is 24.0. The van der Waals surface area contributed by atoms with Crippen molar-refractivity contribution in [2.75, 3.05) is 19.8 Å².